The van der Waals surface area contributed by atoms with Gasteiger partial charge in [-0.3, -0.25) is 4.90 Å². The molecule has 1 aliphatic heterocycles. The van der Waals surface area contributed by atoms with Gasteiger partial charge in [0.1, 0.15) is 0 Å². The van der Waals surface area contributed by atoms with E-state index in [0.29, 0.717) is 0 Å². The van der Waals surface area contributed by atoms with Gasteiger partial charge in [0.05, 0.1) is 6.34 Å². The second kappa shape index (κ2) is 7.18. The lowest BCUT2D eigenvalue weighted by Gasteiger charge is -2.34. The van der Waals surface area contributed by atoms with Crippen molar-refractivity contribution in [3.05, 3.63) is 102 Å². The number of anilines is 1. The summed E-state index contributed by atoms with van der Waals surface area (Å²) >= 11 is 1.62. The molecule has 0 fully saturated rings. The Balaban J connectivity index is 1.88. The van der Waals surface area contributed by atoms with Crippen LogP contribution in [0.2, 0.25) is 0 Å². The molecule has 0 bridgehead atoms. The Hall–Kier alpha value is -2.85. The summed E-state index contributed by atoms with van der Waals surface area (Å²) in [6.07, 6.45) is 3.95. The maximum absolute atomic E-state index is 5.14. The average molecular weight is 357 g/mol. The molecule has 1 heterocycles. The lowest BCUT2D eigenvalue weighted by Crippen LogP contribution is -2.38. The van der Waals surface area contributed by atoms with Crippen LogP contribution in [-0.2, 0) is 5.66 Å². The van der Waals surface area contributed by atoms with Gasteiger partial charge in [0.2, 0.25) is 5.66 Å². The van der Waals surface area contributed by atoms with E-state index in [-0.39, 0.29) is 0 Å². The van der Waals surface area contributed by atoms with E-state index in [1.807, 2.05) is 65.8 Å². The fourth-order valence-corrected chi connectivity index (χ4v) is 3.68. The molecule has 0 N–H and O–H groups in total. The maximum Gasteiger partial charge on any atom is 0.205 e. The molecule has 0 spiro atoms. The van der Waals surface area contributed by atoms with Crippen LogP contribution in [0.25, 0.3) is 0 Å². The van der Waals surface area contributed by atoms with Crippen molar-refractivity contribution in [2.24, 2.45) is 9.98 Å². The minimum atomic E-state index is -0.758. The normalized spacial score (nSPS) is 15.6. The summed E-state index contributed by atoms with van der Waals surface area (Å²) in [7, 11) is 0. The number of thioether (sulfide) groups is 1. The molecule has 1 aliphatic rings. The molecular weight excluding hydrogens is 338 g/mol. The molecule has 128 valence electrons. The van der Waals surface area contributed by atoms with Gasteiger partial charge in [-0.25, -0.2) is 9.98 Å². The van der Waals surface area contributed by atoms with Crippen molar-refractivity contribution in [1.29, 1.82) is 0 Å². The summed E-state index contributed by atoms with van der Waals surface area (Å²) in [5.74, 6) is 0. The third-order valence-electron chi connectivity index (χ3n) is 4.39. The molecule has 26 heavy (non-hydrogen) atoms. The van der Waals surface area contributed by atoms with Crippen molar-refractivity contribution in [3.8, 4) is 0 Å². The predicted molar refractivity (Wildman–Crippen MR) is 112 cm³/mol. The third kappa shape index (κ3) is 2.93. The first-order valence-electron chi connectivity index (χ1n) is 8.48. The number of para-hydroxylation sites is 1. The Morgan fingerprint density at radius 1 is 0.731 bits per heavy atom. The molecule has 4 rings (SSSR count). The third-order valence-corrected chi connectivity index (χ3v) is 5.05. The van der Waals surface area contributed by atoms with Crippen LogP contribution in [0.4, 0.5) is 5.69 Å². The summed E-state index contributed by atoms with van der Waals surface area (Å²) in [5.41, 5.74) is 2.41. The van der Waals surface area contributed by atoms with E-state index in [1.165, 1.54) is 0 Å². The lowest BCUT2D eigenvalue weighted by atomic mass is 9.92. The van der Waals surface area contributed by atoms with Crippen LogP contribution in [0, 0.1) is 0 Å². The van der Waals surface area contributed by atoms with Crippen molar-refractivity contribution in [3.63, 3.8) is 0 Å². The van der Waals surface area contributed by atoms with E-state index >= 15 is 0 Å². The number of aliphatic imine (C=N–C) groups is 2. The summed E-state index contributed by atoms with van der Waals surface area (Å²) < 4.78 is 0. The molecule has 0 aromatic heterocycles. The van der Waals surface area contributed by atoms with Gasteiger partial charge >= 0.3 is 0 Å². The highest BCUT2D eigenvalue weighted by molar-refractivity contribution is 8.13. The lowest BCUT2D eigenvalue weighted by molar-refractivity contribution is 0.572. The number of rotatable bonds is 3. The van der Waals surface area contributed by atoms with E-state index in [1.54, 1.807) is 11.8 Å². The Bertz CT molecular complexity index is 882. The Labute approximate surface area is 158 Å². The molecule has 0 unspecified atom stereocenters. The predicted octanol–water partition coefficient (Wildman–Crippen LogP) is 5.16. The van der Waals surface area contributed by atoms with Crippen molar-refractivity contribution in [2.75, 3.05) is 11.2 Å². The van der Waals surface area contributed by atoms with Gasteiger partial charge in [0.25, 0.3) is 0 Å². The average Bonchev–Trinajstić information content (AvgIpc) is 2.75. The molecule has 3 aromatic rings. The molecular formula is C22H19N3S. The minimum absolute atomic E-state index is 0.758. The maximum atomic E-state index is 5.14. The van der Waals surface area contributed by atoms with Gasteiger partial charge in [0, 0.05) is 16.8 Å². The van der Waals surface area contributed by atoms with Gasteiger partial charge in [-0.15, -0.1) is 0 Å². The Morgan fingerprint density at radius 2 is 1.23 bits per heavy atom. The first kappa shape index (κ1) is 16.6. The zero-order valence-electron chi connectivity index (χ0n) is 14.5. The van der Waals surface area contributed by atoms with Gasteiger partial charge < -0.3 is 0 Å². The van der Waals surface area contributed by atoms with Crippen LogP contribution in [0.3, 0.4) is 0 Å². The highest BCUT2D eigenvalue weighted by Crippen LogP contribution is 2.39. The van der Waals surface area contributed by atoms with Crippen molar-refractivity contribution < 1.29 is 0 Å². The second-order valence-electron chi connectivity index (χ2n) is 5.95. The first-order valence-corrected chi connectivity index (χ1v) is 9.70. The number of hydrogen-bond donors (Lipinski definition) is 0. The number of nitrogens with zero attached hydrogens (tertiary/aromatic N) is 3. The molecule has 0 radical (unpaired) electrons. The Kier molecular flexibility index (Phi) is 4.59. The molecule has 4 heteroatoms. The van der Waals surface area contributed by atoms with Gasteiger partial charge in [0.15, 0.2) is 5.17 Å². The monoisotopic (exact) mass is 357 g/mol. The van der Waals surface area contributed by atoms with E-state index in [0.717, 1.165) is 22.0 Å². The van der Waals surface area contributed by atoms with E-state index < -0.39 is 5.66 Å². The fraction of sp³-hybridized carbons (Fsp3) is 0.0909. The molecule has 0 saturated carbocycles. The zero-order valence-corrected chi connectivity index (χ0v) is 15.3. The highest BCUT2D eigenvalue weighted by atomic mass is 32.2. The molecule has 0 saturated heterocycles. The molecule has 3 aromatic carbocycles. The zero-order chi connectivity index (χ0) is 17.8. The van der Waals surface area contributed by atoms with Crippen LogP contribution < -0.4 is 4.90 Å². The summed E-state index contributed by atoms with van der Waals surface area (Å²) in [5, 5.41) is 0.916. The van der Waals surface area contributed by atoms with Crippen LogP contribution in [0.1, 0.15) is 11.1 Å². The van der Waals surface area contributed by atoms with Crippen LogP contribution in [0.15, 0.2) is 101 Å². The molecule has 0 amide bonds. The topological polar surface area (TPSA) is 28.0 Å². The minimum Gasteiger partial charge on any atom is -0.280 e. The van der Waals surface area contributed by atoms with Crippen molar-refractivity contribution in [1.82, 2.24) is 0 Å². The highest BCUT2D eigenvalue weighted by Gasteiger charge is 2.37. The second-order valence-corrected chi connectivity index (χ2v) is 6.73. The summed E-state index contributed by atoms with van der Waals surface area (Å²) in [6, 6.07) is 30.7. The Morgan fingerprint density at radius 3 is 1.73 bits per heavy atom. The van der Waals surface area contributed by atoms with Crippen molar-refractivity contribution in [2.45, 2.75) is 5.66 Å². The standard InChI is InChI=1S/C22H19N3S/c1-26-21-24-22(18-11-5-2-6-12-18,19-13-7-3-8-14-19)23-17-25(21)20-15-9-4-10-16-20/h2-17H,1H3. The molecule has 0 aliphatic carbocycles. The number of benzene rings is 3. The van der Waals surface area contributed by atoms with Crippen LogP contribution >= 0.6 is 11.8 Å². The van der Waals surface area contributed by atoms with E-state index in [9.17, 15) is 0 Å². The van der Waals surface area contributed by atoms with Gasteiger partial charge in [-0.05, 0) is 18.4 Å². The van der Waals surface area contributed by atoms with Gasteiger partial charge in [-0.2, -0.15) is 0 Å². The molecule has 0 atom stereocenters. The number of hydrogen-bond acceptors (Lipinski definition) is 4. The fourth-order valence-electron chi connectivity index (χ4n) is 3.11. The molecule has 3 nitrogen and oxygen atoms in total. The smallest absolute Gasteiger partial charge is 0.205 e. The van der Waals surface area contributed by atoms with E-state index in [4.69, 9.17) is 9.98 Å². The number of amidine groups is 1. The van der Waals surface area contributed by atoms with Crippen LogP contribution in [-0.4, -0.2) is 17.8 Å². The quantitative estimate of drug-likeness (QED) is 0.648. The first-order chi connectivity index (χ1) is 12.8. The van der Waals surface area contributed by atoms with Crippen LogP contribution in [0.5, 0.6) is 0 Å². The summed E-state index contributed by atoms with van der Waals surface area (Å²) in [4.78, 5) is 12.1. The van der Waals surface area contributed by atoms with Gasteiger partial charge in [-0.1, -0.05) is 90.6 Å². The summed E-state index contributed by atoms with van der Waals surface area (Å²) in [6.45, 7) is 0. The van der Waals surface area contributed by atoms with Crippen molar-refractivity contribution >= 4 is 29.0 Å². The largest absolute Gasteiger partial charge is 0.280 e. The SMILES string of the molecule is CSC1=NC(c2ccccc2)(c2ccccc2)N=CN1c1ccccc1. The van der Waals surface area contributed by atoms with E-state index in [2.05, 4.69) is 42.7 Å².